The third-order valence-corrected chi connectivity index (χ3v) is 1.51. The minimum atomic E-state index is 0.0796. The van der Waals surface area contributed by atoms with Gasteiger partial charge in [-0.2, -0.15) is 0 Å². The molecule has 0 aliphatic heterocycles. The second-order valence-corrected chi connectivity index (χ2v) is 2.52. The van der Waals surface area contributed by atoms with Crippen LogP contribution in [0.3, 0.4) is 0 Å². The smallest absolute Gasteiger partial charge is 0.231 e. The van der Waals surface area contributed by atoms with E-state index in [0.29, 0.717) is 11.6 Å². The van der Waals surface area contributed by atoms with Crippen LogP contribution in [0.4, 0.5) is 0 Å². The lowest BCUT2D eigenvalue weighted by Gasteiger charge is -2.06. The van der Waals surface area contributed by atoms with Crippen molar-refractivity contribution in [2.45, 2.75) is 0 Å². The highest BCUT2D eigenvalue weighted by Crippen LogP contribution is 2.13. The molecule has 1 aromatic heterocycles. The lowest BCUT2D eigenvalue weighted by molar-refractivity contribution is 0.0738. The fourth-order valence-corrected chi connectivity index (χ4v) is 0.830. The van der Waals surface area contributed by atoms with Crippen molar-refractivity contribution in [3.05, 3.63) is 44.0 Å². The highest BCUT2D eigenvalue weighted by atomic mass is 16.7. The molecule has 0 radical (unpaired) electrons. The van der Waals surface area contributed by atoms with Crippen molar-refractivity contribution in [3.8, 4) is 11.6 Å². The normalized spacial score (nSPS) is 9.00. The average Bonchev–Trinajstić information content (AvgIpc) is 2.32. The summed E-state index contributed by atoms with van der Waals surface area (Å²) in [6.07, 6.45) is 4.12. The van der Waals surface area contributed by atoms with E-state index < -0.39 is 0 Å². The summed E-state index contributed by atoms with van der Waals surface area (Å²) < 4.78 is 19.9. The SMILES string of the molecule is C=COCOc1ccc(OCOC=C)nc1. The maximum Gasteiger partial charge on any atom is 0.231 e. The van der Waals surface area contributed by atoms with Gasteiger partial charge < -0.3 is 18.9 Å². The summed E-state index contributed by atoms with van der Waals surface area (Å²) in [5.74, 6) is 1.03. The molecule has 1 heterocycles. The molecule has 0 amide bonds. The summed E-state index contributed by atoms with van der Waals surface area (Å²) in [5, 5.41) is 0. The summed E-state index contributed by atoms with van der Waals surface area (Å²) in [7, 11) is 0. The summed E-state index contributed by atoms with van der Waals surface area (Å²) in [6, 6.07) is 3.37. The van der Waals surface area contributed by atoms with Gasteiger partial charge >= 0.3 is 0 Å². The molecule has 1 aromatic rings. The number of hydrogen-bond acceptors (Lipinski definition) is 5. The molecule has 0 fully saturated rings. The van der Waals surface area contributed by atoms with E-state index in [0.717, 1.165) is 0 Å². The molecular formula is C11H13NO4. The van der Waals surface area contributed by atoms with Gasteiger partial charge in [-0.05, 0) is 6.07 Å². The molecule has 0 aliphatic carbocycles. The van der Waals surface area contributed by atoms with Gasteiger partial charge in [-0.25, -0.2) is 4.98 Å². The zero-order valence-corrected chi connectivity index (χ0v) is 8.80. The lowest BCUT2D eigenvalue weighted by Crippen LogP contribution is -2.01. The van der Waals surface area contributed by atoms with Crippen LogP contribution in [0, 0.1) is 0 Å². The predicted molar refractivity (Wildman–Crippen MR) is 57.8 cm³/mol. The van der Waals surface area contributed by atoms with Crippen LogP contribution in [0.15, 0.2) is 44.0 Å². The van der Waals surface area contributed by atoms with Crippen molar-refractivity contribution in [1.29, 1.82) is 0 Å². The second-order valence-electron chi connectivity index (χ2n) is 2.52. The summed E-state index contributed by atoms with van der Waals surface area (Å²) >= 11 is 0. The van der Waals surface area contributed by atoms with Gasteiger partial charge in [-0.3, -0.25) is 0 Å². The molecule has 0 bridgehead atoms. The summed E-state index contributed by atoms with van der Waals surface area (Å²) in [6.45, 7) is 6.95. The van der Waals surface area contributed by atoms with Crippen LogP contribution < -0.4 is 9.47 Å². The van der Waals surface area contributed by atoms with E-state index in [1.807, 2.05) is 0 Å². The zero-order chi connectivity index (χ0) is 11.6. The predicted octanol–water partition coefficient (Wildman–Crippen LogP) is 2.07. The zero-order valence-electron chi connectivity index (χ0n) is 8.80. The van der Waals surface area contributed by atoms with E-state index in [1.165, 1.54) is 18.7 Å². The Morgan fingerprint density at radius 2 is 1.75 bits per heavy atom. The van der Waals surface area contributed by atoms with Crippen molar-refractivity contribution >= 4 is 0 Å². The van der Waals surface area contributed by atoms with Crippen LogP contribution in [0.2, 0.25) is 0 Å². The highest BCUT2D eigenvalue weighted by molar-refractivity contribution is 5.22. The number of hydrogen-bond donors (Lipinski definition) is 0. The number of aromatic nitrogens is 1. The minimum Gasteiger partial charge on any atom is -0.466 e. The first-order valence-electron chi connectivity index (χ1n) is 4.53. The van der Waals surface area contributed by atoms with Crippen LogP contribution >= 0.6 is 0 Å². The van der Waals surface area contributed by atoms with E-state index >= 15 is 0 Å². The molecule has 0 saturated heterocycles. The largest absolute Gasteiger partial charge is 0.466 e. The number of rotatable bonds is 8. The quantitative estimate of drug-likeness (QED) is 0.383. The van der Waals surface area contributed by atoms with E-state index in [4.69, 9.17) is 18.9 Å². The topological polar surface area (TPSA) is 49.8 Å². The van der Waals surface area contributed by atoms with E-state index in [2.05, 4.69) is 18.1 Å². The van der Waals surface area contributed by atoms with Crippen LogP contribution in [0.25, 0.3) is 0 Å². The average molecular weight is 223 g/mol. The van der Waals surface area contributed by atoms with Crippen molar-refractivity contribution in [2.24, 2.45) is 0 Å². The maximum absolute atomic E-state index is 5.17. The van der Waals surface area contributed by atoms with Gasteiger partial charge in [0.25, 0.3) is 0 Å². The van der Waals surface area contributed by atoms with Gasteiger partial charge in [0.2, 0.25) is 19.5 Å². The van der Waals surface area contributed by atoms with Gasteiger partial charge in [0.1, 0.15) is 5.75 Å². The number of pyridine rings is 1. The second kappa shape index (κ2) is 7.17. The summed E-state index contributed by atoms with van der Waals surface area (Å²) in [5.41, 5.74) is 0. The van der Waals surface area contributed by atoms with Crippen LogP contribution in [0.1, 0.15) is 0 Å². The molecule has 1 rings (SSSR count). The van der Waals surface area contributed by atoms with Gasteiger partial charge in [0.05, 0.1) is 18.7 Å². The molecular weight excluding hydrogens is 210 g/mol. The third-order valence-electron chi connectivity index (χ3n) is 1.51. The van der Waals surface area contributed by atoms with Gasteiger partial charge in [0, 0.05) is 6.07 Å². The van der Waals surface area contributed by atoms with Crippen LogP contribution in [-0.4, -0.2) is 18.6 Å². The maximum atomic E-state index is 5.17. The molecule has 5 heteroatoms. The highest BCUT2D eigenvalue weighted by Gasteiger charge is 1.97. The van der Waals surface area contributed by atoms with E-state index in [1.54, 1.807) is 12.1 Å². The van der Waals surface area contributed by atoms with Crippen LogP contribution in [0.5, 0.6) is 11.6 Å². The van der Waals surface area contributed by atoms with Crippen molar-refractivity contribution in [1.82, 2.24) is 4.98 Å². The fourth-order valence-electron chi connectivity index (χ4n) is 0.830. The summed E-state index contributed by atoms with van der Waals surface area (Å²) in [4.78, 5) is 3.99. The molecule has 5 nitrogen and oxygen atoms in total. The Labute approximate surface area is 93.9 Å². The Balaban J connectivity index is 2.35. The van der Waals surface area contributed by atoms with Crippen molar-refractivity contribution in [2.75, 3.05) is 13.6 Å². The van der Waals surface area contributed by atoms with Gasteiger partial charge in [-0.1, -0.05) is 13.2 Å². The Morgan fingerprint density at radius 3 is 2.31 bits per heavy atom. The Bertz CT molecular complexity index is 290. The van der Waals surface area contributed by atoms with Crippen LogP contribution in [-0.2, 0) is 9.47 Å². The first-order chi connectivity index (χ1) is 7.86. The standard InChI is InChI=1S/C11H13NO4/c1-3-13-8-15-10-5-6-11(12-7-10)16-9-14-4-2/h3-7H,1-2,8-9H2. The van der Waals surface area contributed by atoms with Crippen molar-refractivity contribution < 1.29 is 18.9 Å². The minimum absolute atomic E-state index is 0.0796. The first-order valence-corrected chi connectivity index (χ1v) is 4.53. The molecule has 0 aliphatic rings. The molecule has 0 N–H and O–H groups in total. The molecule has 0 atom stereocenters. The Hall–Kier alpha value is -2.17. The lowest BCUT2D eigenvalue weighted by atomic mass is 10.4. The molecule has 16 heavy (non-hydrogen) atoms. The Morgan fingerprint density at radius 1 is 1.06 bits per heavy atom. The number of nitrogens with zero attached hydrogens (tertiary/aromatic N) is 1. The Kier molecular flexibility index (Phi) is 5.33. The first kappa shape index (κ1) is 11.9. The van der Waals surface area contributed by atoms with Gasteiger partial charge in [-0.15, -0.1) is 0 Å². The molecule has 0 aromatic carbocycles. The monoisotopic (exact) mass is 223 g/mol. The van der Waals surface area contributed by atoms with Gasteiger partial charge in [0.15, 0.2) is 0 Å². The fraction of sp³-hybridized carbons (Fsp3) is 0.182. The van der Waals surface area contributed by atoms with Crippen molar-refractivity contribution in [3.63, 3.8) is 0 Å². The van der Waals surface area contributed by atoms with E-state index in [9.17, 15) is 0 Å². The van der Waals surface area contributed by atoms with E-state index in [-0.39, 0.29) is 13.6 Å². The number of ether oxygens (including phenoxy) is 4. The molecule has 0 saturated carbocycles. The molecule has 0 unspecified atom stereocenters. The molecule has 0 spiro atoms. The third kappa shape index (κ3) is 4.36. The molecule has 86 valence electrons.